The quantitative estimate of drug-likeness (QED) is 0.340. The van der Waals surface area contributed by atoms with Crippen molar-refractivity contribution in [1.82, 2.24) is 0 Å². The van der Waals surface area contributed by atoms with Gasteiger partial charge >= 0.3 is 5.97 Å². The summed E-state index contributed by atoms with van der Waals surface area (Å²) in [6.45, 7) is 1.80. The second kappa shape index (κ2) is 8.14. The van der Waals surface area contributed by atoms with E-state index in [1.165, 1.54) is 12.1 Å². The summed E-state index contributed by atoms with van der Waals surface area (Å²) >= 11 is 0. The monoisotopic (exact) mass is 362 g/mol. The van der Waals surface area contributed by atoms with Gasteiger partial charge in [0.1, 0.15) is 5.56 Å². The Hall–Kier alpha value is -3.67. The van der Waals surface area contributed by atoms with Crippen molar-refractivity contribution in [2.24, 2.45) is 0 Å². The molecule has 0 atom stereocenters. The third kappa shape index (κ3) is 3.95. The largest absolute Gasteiger partial charge is 0.462 e. The van der Waals surface area contributed by atoms with Crippen molar-refractivity contribution < 1.29 is 14.5 Å². The average Bonchev–Trinajstić information content (AvgIpc) is 2.70. The van der Waals surface area contributed by atoms with Gasteiger partial charge in [-0.1, -0.05) is 36.4 Å². The van der Waals surface area contributed by atoms with Gasteiger partial charge in [0.2, 0.25) is 0 Å². The molecule has 0 saturated heterocycles. The van der Waals surface area contributed by atoms with Crippen molar-refractivity contribution in [2.45, 2.75) is 6.92 Å². The Bertz CT molecular complexity index is 903. The number of hydrogen-bond acceptors (Lipinski definition) is 5. The lowest BCUT2D eigenvalue weighted by molar-refractivity contribution is -0.385. The average molecular weight is 362 g/mol. The number of ether oxygens (including phenoxy) is 1. The highest BCUT2D eigenvalue weighted by Gasteiger charge is 2.24. The summed E-state index contributed by atoms with van der Waals surface area (Å²) in [5.41, 5.74) is 2.01. The van der Waals surface area contributed by atoms with E-state index in [1.54, 1.807) is 13.0 Å². The van der Waals surface area contributed by atoms with Gasteiger partial charge in [0.25, 0.3) is 5.69 Å². The van der Waals surface area contributed by atoms with Crippen LogP contribution in [0.25, 0.3) is 0 Å². The molecule has 136 valence electrons. The van der Waals surface area contributed by atoms with Gasteiger partial charge in [0.05, 0.1) is 11.5 Å². The predicted molar refractivity (Wildman–Crippen MR) is 104 cm³/mol. The van der Waals surface area contributed by atoms with E-state index in [4.69, 9.17) is 4.74 Å². The Kier molecular flexibility index (Phi) is 5.47. The number of para-hydroxylation sites is 2. The fourth-order valence-corrected chi connectivity index (χ4v) is 2.80. The van der Waals surface area contributed by atoms with Crippen LogP contribution in [0.1, 0.15) is 17.3 Å². The SMILES string of the molecule is CCOC(=O)c1cc(N(c2ccccc2)c2ccccc2)ccc1[N+](=O)[O-]. The number of hydrogen-bond donors (Lipinski definition) is 0. The third-order valence-electron chi connectivity index (χ3n) is 3.96. The molecule has 27 heavy (non-hydrogen) atoms. The predicted octanol–water partition coefficient (Wildman–Crippen LogP) is 5.24. The van der Waals surface area contributed by atoms with Crippen LogP contribution in [0.2, 0.25) is 0 Å². The van der Waals surface area contributed by atoms with Gasteiger partial charge in [-0.2, -0.15) is 0 Å². The highest BCUT2D eigenvalue weighted by Crippen LogP contribution is 2.36. The minimum atomic E-state index is -0.716. The Morgan fingerprint density at radius 1 is 0.926 bits per heavy atom. The van der Waals surface area contributed by atoms with E-state index >= 15 is 0 Å². The summed E-state index contributed by atoms with van der Waals surface area (Å²) < 4.78 is 5.00. The van der Waals surface area contributed by atoms with E-state index in [0.29, 0.717) is 5.69 Å². The zero-order chi connectivity index (χ0) is 19.2. The molecule has 0 unspecified atom stereocenters. The molecule has 0 N–H and O–H groups in total. The molecule has 0 bridgehead atoms. The number of benzene rings is 3. The van der Waals surface area contributed by atoms with Crippen LogP contribution < -0.4 is 4.90 Å². The Balaban J connectivity index is 2.17. The van der Waals surface area contributed by atoms with E-state index in [9.17, 15) is 14.9 Å². The van der Waals surface area contributed by atoms with Crippen molar-refractivity contribution in [1.29, 1.82) is 0 Å². The van der Waals surface area contributed by atoms with Gasteiger partial charge in [-0.25, -0.2) is 4.79 Å². The van der Waals surface area contributed by atoms with Crippen molar-refractivity contribution >= 4 is 28.7 Å². The number of nitrogens with zero attached hydrogens (tertiary/aromatic N) is 2. The van der Waals surface area contributed by atoms with E-state index in [0.717, 1.165) is 11.4 Å². The first kappa shape index (κ1) is 18.1. The lowest BCUT2D eigenvalue weighted by atomic mass is 10.1. The first-order valence-corrected chi connectivity index (χ1v) is 8.47. The summed E-state index contributed by atoms with van der Waals surface area (Å²) in [6.07, 6.45) is 0. The molecule has 0 aliphatic heterocycles. The van der Waals surface area contributed by atoms with Crippen LogP contribution in [0, 0.1) is 10.1 Å². The molecule has 0 saturated carbocycles. The molecule has 6 nitrogen and oxygen atoms in total. The standard InChI is InChI=1S/C21H18N2O4/c1-2-27-21(24)19-15-18(13-14-20(19)23(25)26)22(16-9-5-3-6-10-16)17-11-7-4-8-12-17/h3-15H,2H2,1H3. The lowest BCUT2D eigenvalue weighted by Crippen LogP contribution is -2.13. The number of anilines is 3. The lowest BCUT2D eigenvalue weighted by Gasteiger charge is -2.25. The fourth-order valence-electron chi connectivity index (χ4n) is 2.80. The second-order valence-electron chi connectivity index (χ2n) is 5.69. The summed E-state index contributed by atoms with van der Waals surface area (Å²) in [6, 6.07) is 23.6. The maximum Gasteiger partial charge on any atom is 0.345 e. The van der Waals surface area contributed by atoms with Crippen molar-refractivity contribution in [3.05, 3.63) is 94.5 Å². The first-order chi connectivity index (χ1) is 13.1. The van der Waals surface area contributed by atoms with Gasteiger partial charge in [0, 0.05) is 23.1 Å². The van der Waals surface area contributed by atoms with Crippen molar-refractivity contribution in [2.75, 3.05) is 11.5 Å². The van der Waals surface area contributed by atoms with Gasteiger partial charge in [-0.15, -0.1) is 0 Å². The summed E-state index contributed by atoms with van der Waals surface area (Å²) in [5, 5.41) is 11.3. The molecule has 3 rings (SSSR count). The van der Waals surface area contributed by atoms with Crippen LogP contribution in [-0.4, -0.2) is 17.5 Å². The number of nitro benzene ring substituents is 1. The number of nitro groups is 1. The molecule has 0 heterocycles. The molecule has 3 aromatic rings. The smallest absolute Gasteiger partial charge is 0.345 e. The van der Waals surface area contributed by atoms with Crippen LogP contribution in [0.5, 0.6) is 0 Å². The van der Waals surface area contributed by atoms with Crippen LogP contribution in [0.3, 0.4) is 0 Å². The van der Waals surface area contributed by atoms with Crippen molar-refractivity contribution in [3.8, 4) is 0 Å². The van der Waals surface area contributed by atoms with E-state index < -0.39 is 10.9 Å². The Morgan fingerprint density at radius 3 is 1.96 bits per heavy atom. The summed E-state index contributed by atoms with van der Waals surface area (Å²) in [4.78, 5) is 25.0. The van der Waals surface area contributed by atoms with Crippen LogP contribution in [0.4, 0.5) is 22.7 Å². The van der Waals surface area contributed by atoms with Crippen LogP contribution >= 0.6 is 0 Å². The van der Waals surface area contributed by atoms with Crippen LogP contribution in [-0.2, 0) is 4.74 Å². The number of rotatable bonds is 6. The number of carbonyl (C=O) groups excluding carboxylic acids is 1. The Morgan fingerprint density at radius 2 is 1.48 bits per heavy atom. The fraction of sp³-hybridized carbons (Fsp3) is 0.0952. The van der Waals surface area contributed by atoms with E-state index in [-0.39, 0.29) is 17.9 Å². The molecule has 3 aromatic carbocycles. The highest BCUT2D eigenvalue weighted by atomic mass is 16.6. The molecule has 0 aliphatic rings. The maximum atomic E-state index is 12.3. The van der Waals surface area contributed by atoms with Gasteiger partial charge in [-0.3, -0.25) is 10.1 Å². The van der Waals surface area contributed by atoms with E-state index in [1.807, 2.05) is 65.6 Å². The molecule has 6 heteroatoms. The maximum absolute atomic E-state index is 12.3. The molecule has 0 radical (unpaired) electrons. The highest BCUT2D eigenvalue weighted by molar-refractivity contribution is 5.96. The molecule has 0 amide bonds. The molecule has 0 spiro atoms. The minimum Gasteiger partial charge on any atom is -0.462 e. The summed E-state index contributed by atoms with van der Waals surface area (Å²) in [5.74, 6) is -0.716. The van der Waals surface area contributed by atoms with Gasteiger partial charge in [0.15, 0.2) is 0 Å². The molecular formula is C21H18N2O4. The van der Waals surface area contributed by atoms with Gasteiger partial charge in [-0.05, 0) is 43.3 Å². The third-order valence-corrected chi connectivity index (χ3v) is 3.96. The zero-order valence-electron chi connectivity index (χ0n) is 14.7. The molecule has 0 aliphatic carbocycles. The molecule has 0 aromatic heterocycles. The number of esters is 1. The Labute approximate surface area is 156 Å². The second-order valence-corrected chi connectivity index (χ2v) is 5.69. The van der Waals surface area contributed by atoms with Crippen molar-refractivity contribution in [3.63, 3.8) is 0 Å². The van der Waals surface area contributed by atoms with Crippen LogP contribution in [0.15, 0.2) is 78.9 Å². The van der Waals surface area contributed by atoms with Gasteiger partial charge < -0.3 is 9.64 Å². The van der Waals surface area contributed by atoms with E-state index in [2.05, 4.69) is 0 Å². The zero-order valence-corrected chi connectivity index (χ0v) is 14.7. The summed E-state index contributed by atoms with van der Waals surface area (Å²) in [7, 11) is 0. The number of carbonyl (C=O) groups is 1. The molecule has 0 fully saturated rings. The molecular weight excluding hydrogens is 344 g/mol. The topological polar surface area (TPSA) is 72.7 Å². The first-order valence-electron chi connectivity index (χ1n) is 8.47. The normalized spacial score (nSPS) is 10.3. The minimum absolute atomic E-state index is 0.0730.